The maximum atomic E-state index is 12.6. The molecule has 0 aliphatic heterocycles. The van der Waals surface area contributed by atoms with E-state index >= 15 is 0 Å². The number of ether oxygens (including phenoxy) is 1. The fraction of sp³-hybridized carbons (Fsp3) is 0.222. The average Bonchev–Trinajstić information content (AvgIpc) is 2.64. The number of aromatic nitrogens is 2. The lowest BCUT2D eigenvalue weighted by Crippen LogP contribution is -2.39. The Balaban J connectivity index is 1.88. The number of aromatic amines is 1. The first-order chi connectivity index (χ1) is 12.8. The Hall–Kier alpha value is -2.91. The molecule has 27 heavy (non-hydrogen) atoms. The van der Waals surface area contributed by atoms with Gasteiger partial charge >= 0.3 is 11.1 Å². The highest BCUT2D eigenvalue weighted by Crippen LogP contribution is 2.24. The predicted octanol–water partition coefficient (Wildman–Crippen LogP) is 0.985. The number of rotatable bonds is 6. The van der Waals surface area contributed by atoms with Crippen molar-refractivity contribution in [2.45, 2.75) is 18.4 Å². The number of benzene rings is 2. The molecule has 3 rings (SSSR count). The van der Waals surface area contributed by atoms with Gasteiger partial charge in [-0.05, 0) is 36.8 Å². The highest BCUT2D eigenvalue weighted by molar-refractivity contribution is 7.89. The van der Waals surface area contributed by atoms with Crippen molar-refractivity contribution in [2.75, 3.05) is 13.7 Å². The van der Waals surface area contributed by atoms with Crippen molar-refractivity contribution in [1.82, 2.24) is 14.3 Å². The first kappa shape index (κ1) is 18.9. The minimum atomic E-state index is -3.85. The predicted molar refractivity (Wildman–Crippen MR) is 102 cm³/mol. The van der Waals surface area contributed by atoms with Crippen LogP contribution in [0.4, 0.5) is 0 Å². The number of methoxy groups -OCH3 is 1. The number of aryl methyl sites for hydroxylation is 1. The number of hydrogen-bond donors (Lipinski definition) is 2. The molecule has 9 heteroatoms. The highest BCUT2D eigenvalue weighted by Gasteiger charge is 2.19. The summed E-state index contributed by atoms with van der Waals surface area (Å²) in [5, 5.41) is 0. The lowest BCUT2D eigenvalue weighted by Gasteiger charge is -2.13. The van der Waals surface area contributed by atoms with Gasteiger partial charge in [0.25, 0.3) is 0 Å². The number of sulfonamides is 1. The molecule has 1 aromatic heterocycles. The maximum absolute atomic E-state index is 12.6. The van der Waals surface area contributed by atoms with Gasteiger partial charge in [0.2, 0.25) is 10.0 Å². The van der Waals surface area contributed by atoms with E-state index in [1.165, 1.54) is 17.7 Å². The van der Waals surface area contributed by atoms with Gasteiger partial charge in [-0.1, -0.05) is 18.2 Å². The Morgan fingerprint density at radius 2 is 1.89 bits per heavy atom. The molecule has 0 aliphatic rings. The van der Waals surface area contributed by atoms with Crippen molar-refractivity contribution in [3.8, 4) is 5.75 Å². The Morgan fingerprint density at radius 1 is 1.15 bits per heavy atom. The lowest BCUT2D eigenvalue weighted by atomic mass is 10.2. The van der Waals surface area contributed by atoms with Crippen LogP contribution in [0, 0.1) is 6.92 Å². The molecule has 3 aromatic rings. The number of H-pyrrole nitrogens is 1. The monoisotopic (exact) mass is 389 g/mol. The topological polar surface area (TPSA) is 110 Å². The van der Waals surface area contributed by atoms with Crippen molar-refractivity contribution in [3.05, 3.63) is 68.7 Å². The molecule has 2 aromatic carbocycles. The number of nitrogens with one attached hydrogen (secondary N) is 2. The van der Waals surface area contributed by atoms with Crippen molar-refractivity contribution >= 4 is 21.1 Å². The van der Waals surface area contributed by atoms with Gasteiger partial charge in [0.05, 0.1) is 18.1 Å². The minimum absolute atomic E-state index is 0.0105. The lowest BCUT2D eigenvalue weighted by molar-refractivity contribution is 0.402. The molecule has 0 fully saturated rings. The second kappa shape index (κ2) is 7.37. The van der Waals surface area contributed by atoms with E-state index in [1.54, 1.807) is 43.3 Å². The van der Waals surface area contributed by atoms with Crippen LogP contribution in [0.15, 0.2) is 56.9 Å². The van der Waals surface area contributed by atoms with Gasteiger partial charge in [-0.25, -0.2) is 13.1 Å². The fourth-order valence-corrected chi connectivity index (χ4v) is 4.08. The molecule has 0 amide bonds. The molecule has 0 bridgehead atoms. The molecule has 8 nitrogen and oxygen atoms in total. The summed E-state index contributed by atoms with van der Waals surface area (Å²) in [5.74, 6) is 0.229. The van der Waals surface area contributed by atoms with E-state index in [0.717, 1.165) is 5.56 Å². The molecule has 2 N–H and O–H groups in total. The number of hydrogen-bond acceptors (Lipinski definition) is 5. The Bertz CT molecular complexity index is 1210. The molecular formula is C18H19N3O5S. The average molecular weight is 389 g/mol. The van der Waals surface area contributed by atoms with Crippen LogP contribution in [0.1, 0.15) is 5.56 Å². The van der Waals surface area contributed by atoms with Crippen LogP contribution in [-0.2, 0) is 16.6 Å². The van der Waals surface area contributed by atoms with E-state index in [-0.39, 0.29) is 23.7 Å². The summed E-state index contributed by atoms with van der Waals surface area (Å²) in [4.78, 5) is 26.5. The molecule has 0 radical (unpaired) electrons. The third-order valence-electron chi connectivity index (χ3n) is 4.12. The third-order valence-corrected chi connectivity index (χ3v) is 5.60. The van der Waals surface area contributed by atoms with Crippen LogP contribution in [-0.4, -0.2) is 31.6 Å². The molecule has 1 heterocycles. The SMILES string of the molecule is COc1ccc(C)cc1S(=O)(=O)NCCn1c(=O)c(=O)[nH]c2ccccc21. The van der Waals surface area contributed by atoms with Crippen molar-refractivity contribution in [3.63, 3.8) is 0 Å². The zero-order valence-corrected chi connectivity index (χ0v) is 15.7. The van der Waals surface area contributed by atoms with E-state index in [0.29, 0.717) is 11.0 Å². The van der Waals surface area contributed by atoms with Gasteiger partial charge in [0.15, 0.2) is 0 Å². The second-order valence-corrected chi connectivity index (χ2v) is 7.72. The van der Waals surface area contributed by atoms with Crippen LogP contribution in [0.25, 0.3) is 11.0 Å². The number of nitrogens with zero attached hydrogens (tertiary/aromatic N) is 1. The Kier molecular flexibility index (Phi) is 5.15. The van der Waals surface area contributed by atoms with Crippen LogP contribution >= 0.6 is 0 Å². The first-order valence-corrected chi connectivity index (χ1v) is 9.68. The van der Waals surface area contributed by atoms with Crippen LogP contribution in [0.5, 0.6) is 5.75 Å². The number of para-hydroxylation sites is 2. The zero-order chi connectivity index (χ0) is 19.6. The van der Waals surface area contributed by atoms with Crippen LogP contribution in [0.2, 0.25) is 0 Å². The molecule has 0 aliphatic carbocycles. The second-order valence-electron chi connectivity index (χ2n) is 5.98. The highest BCUT2D eigenvalue weighted by atomic mass is 32.2. The molecule has 0 atom stereocenters. The normalized spacial score (nSPS) is 11.6. The van der Waals surface area contributed by atoms with E-state index in [2.05, 4.69) is 9.71 Å². The van der Waals surface area contributed by atoms with Gasteiger partial charge < -0.3 is 14.3 Å². The molecular weight excluding hydrogens is 370 g/mol. The summed E-state index contributed by atoms with van der Waals surface area (Å²) in [7, 11) is -2.45. The van der Waals surface area contributed by atoms with Crippen LogP contribution in [0.3, 0.4) is 0 Å². The summed E-state index contributed by atoms with van der Waals surface area (Å²) in [6, 6.07) is 11.7. The maximum Gasteiger partial charge on any atom is 0.316 e. The van der Waals surface area contributed by atoms with Gasteiger partial charge in [0, 0.05) is 13.1 Å². The van der Waals surface area contributed by atoms with Crippen LogP contribution < -0.4 is 20.6 Å². The molecule has 0 spiro atoms. The van der Waals surface area contributed by atoms with Gasteiger partial charge in [0.1, 0.15) is 10.6 Å². The Morgan fingerprint density at radius 3 is 2.63 bits per heavy atom. The third kappa shape index (κ3) is 3.79. The summed E-state index contributed by atoms with van der Waals surface area (Å²) >= 11 is 0. The van der Waals surface area contributed by atoms with E-state index in [9.17, 15) is 18.0 Å². The minimum Gasteiger partial charge on any atom is -0.495 e. The molecule has 142 valence electrons. The fourth-order valence-electron chi connectivity index (χ4n) is 2.81. The standard InChI is InChI=1S/C18H19N3O5S/c1-12-7-8-15(26-2)16(11-12)27(24,25)19-9-10-21-14-6-4-3-5-13(14)20-17(22)18(21)23/h3-8,11,19H,9-10H2,1-2H3,(H,20,22). The van der Waals surface area contributed by atoms with Crippen molar-refractivity contribution in [1.29, 1.82) is 0 Å². The molecule has 0 unspecified atom stereocenters. The Labute approximate surface area is 155 Å². The summed E-state index contributed by atoms with van der Waals surface area (Å²) < 4.78 is 34.1. The van der Waals surface area contributed by atoms with E-state index < -0.39 is 21.1 Å². The summed E-state index contributed by atoms with van der Waals surface area (Å²) in [5.41, 5.74) is 0.311. The zero-order valence-electron chi connectivity index (χ0n) is 14.9. The first-order valence-electron chi connectivity index (χ1n) is 8.19. The van der Waals surface area contributed by atoms with Gasteiger partial charge in [-0.15, -0.1) is 0 Å². The van der Waals surface area contributed by atoms with Gasteiger partial charge in [-0.2, -0.15) is 0 Å². The van der Waals surface area contributed by atoms with Crippen molar-refractivity contribution < 1.29 is 13.2 Å². The summed E-state index contributed by atoms with van der Waals surface area (Å²) in [6.07, 6.45) is 0. The van der Waals surface area contributed by atoms with Gasteiger partial charge in [-0.3, -0.25) is 9.59 Å². The largest absolute Gasteiger partial charge is 0.495 e. The van der Waals surface area contributed by atoms with Crippen molar-refractivity contribution in [2.24, 2.45) is 0 Å². The molecule has 0 saturated heterocycles. The van der Waals surface area contributed by atoms with E-state index in [1.807, 2.05) is 0 Å². The molecule has 0 saturated carbocycles. The quantitative estimate of drug-likeness (QED) is 0.611. The van der Waals surface area contributed by atoms with E-state index in [4.69, 9.17) is 4.74 Å². The number of fused-ring (bicyclic) bond motifs is 1. The smallest absolute Gasteiger partial charge is 0.316 e. The summed E-state index contributed by atoms with van der Waals surface area (Å²) in [6.45, 7) is 1.73.